The first-order valence-electron chi connectivity index (χ1n) is 8.67. The summed E-state index contributed by atoms with van der Waals surface area (Å²) in [4.78, 5) is 13.2. The molecule has 0 bridgehead atoms. The van der Waals surface area contributed by atoms with Crippen molar-refractivity contribution < 1.29 is 0 Å². The van der Waals surface area contributed by atoms with E-state index < -0.39 is 0 Å². The molecule has 2 saturated heterocycles. The lowest BCUT2D eigenvalue weighted by atomic mass is 10.3. The molecule has 0 spiro atoms. The molecule has 128 valence electrons. The maximum absolute atomic E-state index is 4.30. The molecule has 2 aromatic heterocycles. The van der Waals surface area contributed by atoms with Gasteiger partial charge in [0.15, 0.2) is 0 Å². The van der Waals surface area contributed by atoms with Crippen LogP contribution in [0.5, 0.6) is 0 Å². The van der Waals surface area contributed by atoms with Crippen molar-refractivity contribution in [3.8, 4) is 0 Å². The van der Waals surface area contributed by atoms with Gasteiger partial charge in [-0.05, 0) is 24.3 Å². The minimum absolute atomic E-state index is 1.07. The van der Waals surface area contributed by atoms with E-state index in [-0.39, 0.29) is 0 Å². The molecule has 0 aliphatic carbocycles. The van der Waals surface area contributed by atoms with Crippen molar-refractivity contribution in [2.45, 2.75) is 0 Å². The first-order valence-corrected chi connectivity index (χ1v) is 8.67. The van der Waals surface area contributed by atoms with E-state index in [9.17, 15) is 0 Å². The number of hydrogen-bond acceptors (Lipinski definition) is 6. The lowest BCUT2D eigenvalue weighted by Crippen LogP contribution is -2.43. The van der Waals surface area contributed by atoms with Crippen molar-refractivity contribution in [3.63, 3.8) is 0 Å². The zero-order valence-electron chi connectivity index (χ0n) is 14.1. The van der Waals surface area contributed by atoms with Crippen molar-refractivity contribution >= 4 is 11.6 Å². The SMILES string of the molecule is c1ccc(N2CCNCC2)nc1.c1ccc(N2CCNCC2)nc1. The molecule has 4 heterocycles. The summed E-state index contributed by atoms with van der Waals surface area (Å²) < 4.78 is 0. The summed E-state index contributed by atoms with van der Waals surface area (Å²) in [5, 5.41) is 6.63. The van der Waals surface area contributed by atoms with Crippen molar-refractivity contribution in [2.24, 2.45) is 0 Å². The van der Waals surface area contributed by atoms with Gasteiger partial charge in [-0.25, -0.2) is 9.97 Å². The fourth-order valence-corrected chi connectivity index (χ4v) is 2.87. The van der Waals surface area contributed by atoms with E-state index in [0.29, 0.717) is 0 Å². The zero-order chi connectivity index (χ0) is 16.5. The van der Waals surface area contributed by atoms with Crippen LogP contribution < -0.4 is 20.4 Å². The van der Waals surface area contributed by atoms with Crippen LogP contribution >= 0.6 is 0 Å². The molecule has 4 rings (SSSR count). The van der Waals surface area contributed by atoms with Gasteiger partial charge < -0.3 is 20.4 Å². The highest BCUT2D eigenvalue weighted by molar-refractivity contribution is 5.38. The minimum Gasteiger partial charge on any atom is -0.354 e. The standard InChI is InChI=1S/2C9H13N3/c2*1-2-4-11-9(3-1)12-7-5-10-6-8-12/h2*1-4,10H,5-8H2. The van der Waals surface area contributed by atoms with Crippen molar-refractivity contribution in [1.82, 2.24) is 20.6 Å². The Bertz CT molecular complexity index is 511. The Morgan fingerprint density at radius 2 is 1.04 bits per heavy atom. The second kappa shape index (κ2) is 9.20. The van der Waals surface area contributed by atoms with Gasteiger partial charge >= 0.3 is 0 Å². The average molecular weight is 326 g/mol. The molecule has 6 nitrogen and oxygen atoms in total. The van der Waals surface area contributed by atoms with E-state index in [0.717, 1.165) is 64.0 Å². The number of nitrogens with zero attached hydrogens (tertiary/aromatic N) is 4. The summed E-state index contributed by atoms with van der Waals surface area (Å²) in [5.74, 6) is 2.19. The van der Waals surface area contributed by atoms with Gasteiger partial charge in [0.25, 0.3) is 0 Å². The average Bonchev–Trinajstić information content (AvgIpc) is 2.71. The molecule has 2 N–H and O–H groups in total. The molecule has 0 atom stereocenters. The Morgan fingerprint density at radius 1 is 0.625 bits per heavy atom. The van der Waals surface area contributed by atoms with Crippen LogP contribution in [0, 0.1) is 0 Å². The number of pyridine rings is 2. The van der Waals surface area contributed by atoms with Gasteiger partial charge in [0.2, 0.25) is 0 Å². The maximum atomic E-state index is 4.30. The van der Waals surface area contributed by atoms with Crippen LogP contribution in [0.1, 0.15) is 0 Å². The summed E-state index contributed by atoms with van der Waals surface area (Å²) in [7, 11) is 0. The highest BCUT2D eigenvalue weighted by Gasteiger charge is 2.10. The number of nitrogens with one attached hydrogen (secondary N) is 2. The second-order valence-electron chi connectivity index (χ2n) is 5.85. The van der Waals surface area contributed by atoms with Crippen molar-refractivity contribution in [1.29, 1.82) is 0 Å². The van der Waals surface area contributed by atoms with Gasteiger partial charge in [0.05, 0.1) is 0 Å². The van der Waals surface area contributed by atoms with Crippen LogP contribution in [0.3, 0.4) is 0 Å². The summed E-state index contributed by atoms with van der Waals surface area (Å²) in [6.07, 6.45) is 3.69. The van der Waals surface area contributed by atoms with E-state index in [4.69, 9.17) is 0 Å². The lowest BCUT2D eigenvalue weighted by Gasteiger charge is -2.28. The molecular formula is C18H26N6. The van der Waals surface area contributed by atoms with Crippen LogP contribution in [0.25, 0.3) is 0 Å². The molecule has 2 aromatic rings. The molecule has 0 saturated carbocycles. The summed E-state index contributed by atoms with van der Waals surface area (Å²) in [5.41, 5.74) is 0. The Balaban J connectivity index is 0.000000141. The Hall–Kier alpha value is -2.18. The number of piperazine rings is 2. The smallest absolute Gasteiger partial charge is 0.128 e. The van der Waals surface area contributed by atoms with E-state index in [2.05, 4.69) is 42.5 Å². The van der Waals surface area contributed by atoms with Crippen LogP contribution in [-0.4, -0.2) is 62.3 Å². The summed E-state index contributed by atoms with van der Waals surface area (Å²) >= 11 is 0. The largest absolute Gasteiger partial charge is 0.354 e. The van der Waals surface area contributed by atoms with Crippen molar-refractivity contribution in [2.75, 3.05) is 62.2 Å². The maximum Gasteiger partial charge on any atom is 0.128 e. The van der Waals surface area contributed by atoms with Gasteiger partial charge in [-0.2, -0.15) is 0 Å². The van der Waals surface area contributed by atoms with E-state index in [1.165, 1.54) is 0 Å². The summed E-state index contributed by atoms with van der Waals surface area (Å²) in [6.45, 7) is 8.53. The third kappa shape index (κ3) is 4.91. The van der Waals surface area contributed by atoms with Gasteiger partial charge in [0.1, 0.15) is 11.6 Å². The molecule has 0 radical (unpaired) electrons. The molecule has 0 unspecified atom stereocenters. The molecule has 2 aliphatic rings. The van der Waals surface area contributed by atoms with E-state index in [1.807, 2.05) is 36.7 Å². The number of rotatable bonds is 2. The second-order valence-corrected chi connectivity index (χ2v) is 5.85. The van der Waals surface area contributed by atoms with Gasteiger partial charge in [-0.15, -0.1) is 0 Å². The monoisotopic (exact) mass is 326 g/mol. The Labute approximate surface area is 143 Å². The zero-order valence-corrected chi connectivity index (χ0v) is 14.1. The number of aromatic nitrogens is 2. The Kier molecular flexibility index (Phi) is 6.39. The quantitative estimate of drug-likeness (QED) is 0.858. The fraction of sp³-hybridized carbons (Fsp3) is 0.444. The predicted octanol–water partition coefficient (Wildman–Crippen LogP) is 0.982. The first-order chi connectivity index (χ1) is 11.9. The third-order valence-corrected chi connectivity index (χ3v) is 4.18. The number of hydrogen-bond donors (Lipinski definition) is 2. The van der Waals surface area contributed by atoms with Crippen LogP contribution in [0.15, 0.2) is 48.8 Å². The van der Waals surface area contributed by atoms with Crippen LogP contribution in [-0.2, 0) is 0 Å². The van der Waals surface area contributed by atoms with E-state index in [1.54, 1.807) is 0 Å². The first kappa shape index (κ1) is 16.7. The molecule has 24 heavy (non-hydrogen) atoms. The topological polar surface area (TPSA) is 56.3 Å². The van der Waals surface area contributed by atoms with E-state index >= 15 is 0 Å². The predicted molar refractivity (Wildman–Crippen MR) is 98.6 cm³/mol. The number of anilines is 2. The fourth-order valence-electron chi connectivity index (χ4n) is 2.87. The minimum atomic E-state index is 1.07. The van der Waals surface area contributed by atoms with Gasteiger partial charge in [-0.1, -0.05) is 12.1 Å². The van der Waals surface area contributed by atoms with Crippen LogP contribution in [0.4, 0.5) is 11.6 Å². The molecule has 0 amide bonds. The molecular weight excluding hydrogens is 300 g/mol. The third-order valence-electron chi connectivity index (χ3n) is 4.18. The molecule has 2 fully saturated rings. The van der Waals surface area contributed by atoms with Gasteiger partial charge in [0, 0.05) is 64.8 Å². The summed E-state index contributed by atoms with van der Waals surface area (Å²) in [6, 6.07) is 12.1. The van der Waals surface area contributed by atoms with Crippen molar-refractivity contribution in [3.05, 3.63) is 48.8 Å². The Morgan fingerprint density at radius 3 is 1.38 bits per heavy atom. The van der Waals surface area contributed by atoms with Crippen LogP contribution in [0.2, 0.25) is 0 Å². The highest BCUT2D eigenvalue weighted by atomic mass is 15.2. The highest BCUT2D eigenvalue weighted by Crippen LogP contribution is 2.09. The molecule has 2 aliphatic heterocycles. The molecule has 0 aromatic carbocycles. The lowest BCUT2D eigenvalue weighted by molar-refractivity contribution is 0.585. The van der Waals surface area contributed by atoms with Gasteiger partial charge in [-0.3, -0.25) is 0 Å². The molecule has 6 heteroatoms. The normalized spacial score (nSPS) is 17.8.